The van der Waals surface area contributed by atoms with Gasteiger partial charge >= 0.3 is 0 Å². The summed E-state index contributed by atoms with van der Waals surface area (Å²) in [6, 6.07) is 6.36. The van der Waals surface area contributed by atoms with Gasteiger partial charge in [-0.25, -0.2) is 4.39 Å². The Hall–Kier alpha value is -0.970. The first kappa shape index (κ1) is 14.1. The smallest absolute Gasteiger partial charge is 0.127 e. The first-order valence-corrected chi connectivity index (χ1v) is 5.94. The Balaban J connectivity index is 2.39. The molecule has 4 heteroatoms. The average Bonchev–Trinajstić information content (AvgIpc) is 2.34. The summed E-state index contributed by atoms with van der Waals surface area (Å²) in [5.41, 5.74) is 6.53. The topological polar surface area (TPSA) is 49.5 Å². The van der Waals surface area contributed by atoms with Gasteiger partial charge in [-0.1, -0.05) is 18.2 Å². The SMILES string of the molecule is CN(CCCO)CCC(N)c1ccccc1F. The van der Waals surface area contributed by atoms with Crippen LogP contribution in [0, 0.1) is 5.82 Å². The van der Waals surface area contributed by atoms with Gasteiger partial charge in [-0.2, -0.15) is 0 Å². The molecule has 0 aliphatic heterocycles. The zero-order valence-corrected chi connectivity index (χ0v) is 10.3. The summed E-state index contributed by atoms with van der Waals surface area (Å²) in [4.78, 5) is 2.09. The van der Waals surface area contributed by atoms with Crippen LogP contribution in [0.4, 0.5) is 4.39 Å². The van der Waals surface area contributed by atoms with E-state index in [0.29, 0.717) is 12.0 Å². The van der Waals surface area contributed by atoms with Gasteiger partial charge < -0.3 is 15.7 Å². The number of hydrogen-bond donors (Lipinski definition) is 2. The third-order valence-corrected chi connectivity index (χ3v) is 2.82. The van der Waals surface area contributed by atoms with Crippen LogP contribution < -0.4 is 5.73 Å². The van der Waals surface area contributed by atoms with E-state index in [0.717, 1.165) is 19.5 Å². The lowest BCUT2D eigenvalue weighted by Crippen LogP contribution is -2.25. The highest BCUT2D eigenvalue weighted by Gasteiger charge is 2.11. The summed E-state index contributed by atoms with van der Waals surface area (Å²) < 4.78 is 13.4. The van der Waals surface area contributed by atoms with Gasteiger partial charge in [0.05, 0.1) is 0 Å². The van der Waals surface area contributed by atoms with Gasteiger partial charge in [0.25, 0.3) is 0 Å². The Kier molecular flexibility index (Phi) is 6.11. The maximum atomic E-state index is 13.4. The number of nitrogens with zero attached hydrogens (tertiary/aromatic N) is 1. The van der Waals surface area contributed by atoms with E-state index in [2.05, 4.69) is 4.90 Å². The molecule has 3 N–H and O–H groups in total. The Morgan fingerprint density at radius 2 is 2.06 bits per heavy atom. The lowest BCUT2D eigenvalue weighted by molar-refractivity contribution is 0.243. The predicted molar refractivity (Wildman–Crippen MR) is 67.1 cm³/mol. The largest absolute Gasteiger partial charge is 0.396 e. The number of aliphatic hydroxyl groups excluding tert-OH is 1. The number of nitrogens with two attached hydrogens (primary N) is 1. The van der Waals surface area contributed by atoms with Crippen LogP contribution in [-0.4, -0.2) is 36.8 Å². The molecule has 1 atom stereocenters. The number of aliphatic hydroxyl groups is 1. The number of benzene rings is 1. The minimum atomic E-state index is -0.271. The van der Waals surface area contributed by atoms with Crippen LogP contribution in [0.1, 0.15) is 24.4 Å². The molecule has 96 valence electrons. The molecule has 0 heterocycles. The molecule has 0 fully saturated rings. The zero-order chi connectivity index (χ0) is 12.7. The van der Waals surface area contributed by atoms with E-state index < -0.39 is 0 Å². The predicted octanol–water partition coefficient (Wildman–Crippen LogP) is 1.53. The van der Waals surface area contributed by atoms with Gasteiger partial charge in [0.1, 0.15) is 5.82 Å². The molecule has 0 aromatic heterocycles. The summed E-state index contributed by atoms with van der Waals surface area (Å²) >= 11 is 0. The Morgan fingerprint density at radius 1 is 1.35 bits per heavy atom. The monoisotopic (exact) mass is 240 g/mol. The number of halogens is 1. The highest BCUT2D eigenvalue weighted by Crippen LogP contribution is 2.17. The molecule has 0 spiro atoms. The fraction of sp³-hybridized carbons (Fsp3) is 0.538. The number of hydrogen-bond acceptors (Lipinski definition) is 3. The average molecular weight is 240 g/mol. The standard InChI is InChI=1S/C13H21FN2O/c1-16(8-4-10-17)9-7-13(15)11-5-2-3-6-12(11)14/h2-3,5-6,13,17H,4,7-10,15H2,1H3. The van der Waals surface area contributed by atoms with Gasteiger partial charge in [-0.05, 0) is 32.5 Å². The minimum absolute atomic E-state index is 0.198. The van der Waals surface area contributed by atoms with Crippen LogP contribution in [0.3, 0.4) is 0 Å². The summed E-state index contributed by atoms with van der Waals surface area (Å²) in [6.07, 6.45) is 1.47. The summed E-state index contributed by atoms with van der Waals surface area (Å²) in [7, 11) is 1.98. The second-order valence-corrected chi connectivity index (χ2v) is 4.30. The normalized spacial score (nSPS) is 13.0. The molecule has 0 aliphatic carbocycles. The van der Waals surface area contributed by atoms with Crippen molar-refractivity contribution in [3.05, 3.63) is 35.6 Å². The van der Waals surface area contributed by atoms with E-state index in [9.17, 15) is 4.39 Å². The van der Waals surface area contributed by atoms with Crippen molar-refractivity contribution in [1.82, 2.24) is 4.90 Å². The van der Waals surface area contributed by atoms with Gasteiger partial charge in [-0.3, -0.25) is 0 Å². The van der Waals surface area contributed by atoms with Crippen molar-refractivity contribution < 1.29 is 9.50 Å². The molecular formula is C13H21FN2O. The van der Waals surface area contributed by atoms with Crippen LogP contribution in [-0.2, 0) is 0 Å². The van der Waals surface area contributed by atoms with E-state index >= 15 is 0 Å². The second kappa shape index (κ2) is 7.37. The minimum Gasteiger partial charge on any atom is -0.396 e. The zero-order valence-electron chi connectivity index (χ0n) is 10.3. The van der Waals surface area contributed by atoms with Crippen LogP contribution in [0.5, 0.6) is 0 Å². The second-order valence-electron chi connectivity index (χ2n) is 4.30. The Labute approximate surface area is 102 Å². The van der Waals surface area contributed by atoms with Crippen molar-refractivity contribution in [2.75, 3.05) is 26.7 Å². The molecule has 0 saturated heterocycles. The van der Waals surface area contributed by atoms with E-state index in [4.69, 9.17) is 10.8 Å². The van der Waals surface area contributed by atoms with Crippen molar-refractivity contribution in [3.63, 3.8) is 0 Å². The third kappa shape index (κ3) is 4.81. The molecule has 0 bridgehead atoms. The number of rotatable bonds is 7. The molecule has 17 heavy (non-hydrogen) atoms. The van der Waals surface area contributed by atoms with E-state index in [1.165, 1.54) is 6.07 Å². The van der Waals surface area contributed by atoms with Gasteiger partial charge in [0.2, 0.25) is 0 Å². The summed E-state index contributed by atoms with van der Waals surface area (Å²) in [6.45, 7) is 1.83. The fourth-order valence-electron chi connectivity index (χ4n) is 1.74. The maximum absolute atomic E-state index is 13.4. The lowest BCUT2D eigenvalue weighted by atomic mass is 10.0. The molecule has 0 amide bonds. The molecular weight excluding hydrogens is 219 g/mol. The van der Waals surface area contributed by atoms with E-state index in [1.807, 2.05) is 7.05 Å². The van der Waals surface area contributed by atoms with Crippen molar-refractivity contribution in [2.45, 2.75) is 18.9 Å². The Bertz CT molecular complexity index is 333. The van der Waals surface area contributed by atoms with Crippen LogP contribution in [0.15, 0.2) is 24.3 Å². The van der Waals surface area contributed by atoms with Crippen molar-refractivity contribution in [1.29, 1.82) is 0 Å². The molecule has 1 aromatic rings. The Morgan fingerprint density at radius 3 is 2.71 bits per heavy atom. The summed E-state index contributed by atoms with van der Waals surface area (Å²) in [5.74, 6) is -0.238. The van der Waals surface area contributed by atoms with Crippen molar-refractivity contribution in [3.8, 4) is 0 Å². The van der Waals surface area contributed by atoms with Crippen molar-refractivity contribution in [2.24, 2.45) is 5.73 Å². The molecule has 3 nitrogen and oxygen atoms in total. The first-order chi connectivity index (χ1) is 8.15. The van der Waals surface area contributed by atoms with Gasteiger partial charge in [0, 0.05) is 24.8 Å². The quantitative estimate of drug-likeness (QED) is 0.760. The van der Waals surface area contributed by atoms with Crippen LogP contribution >= 0.6 is 0 Å². The lowest BCUT2D eigenvalue weighted by Gasteiger charge is -2.19. The molecule has 1 rings (SSSR count). The summed E-state index contributed by atoms with van der Waals surface area (Å²) in [5, 5.41) is 8.71. The van der Waals surface area contributed by atoms with Crippen LogP contribution in [0.2, 0.25) is 0 Å². The highest BCUT2D eigenvalue weighted by atomic mass is 19.1. The molecule has 1 unspecified atom stereocenters. The van der Waals surface area contributed by atoms with E-state index in [1.54, 1.807) is 18.2 Å². The molecule has 1 aromatic carbocycles. The van der Waals surface area contributed by atoms with Gasteiger partial charge in [-0.15, -0.1) is 0 Å². The first-order valence-electron chi connectivity index (χ1n) is 5.94. The van der Waals surface area contributed by atoms with Crippen LogP contribution in [0.25, 0.3) is 0 Å². The van der Waals surface area contributed by atoms with Crippen molar-refractivity contribution >= 4 is 0 Å². The molecule has 0 saturated carbocycles. The highest BCUT2D eigenvalue weighted by molar-refractivity contribution is 5.20. The van der Waals surface area contributed by atoms with Gasteiger partial charge in [0.15, 0.2) is 0 Å². The third-order valence-electron chi connectivity index (χ3n) is 2.82. The maximum Gasteiger partial charge on any atom is 0.127 e. The molecule has 0 aliphatic rings. The van der Waals surface area contributed by atoms with E-state index in [-0.39, 0.29) is 18.5 Å². The molecule has 0 radical (unpaired) electrons. The fourth-order valence-corrected chi connectivity index (χ4v) is 1.74.